The second-order valence-electron chi connectivity index (χ2n) is 4.83. The fraction of sp³-hybridized carbons (Fsp3) is 0.176. The highest BCUT2D eigenvalue weighted by atomic mass is 35.5. The fourth-order valence-electron chi connectivity index (χ4n) is 1.95. The van der Waals surface area contributed by atoms with E-state index in [0.717, 1.165) is 5.56 Å². The summed E-state index contributed by atoms with van der Waals surface area (Å²) in [4.78, 5) is 12.0. The van der Waals surface area contributed by atoms with Gasteiger partial charge in [-0.1, -0.05) is 29.3 Å². The van der Waals surface area contributed by atoms with Crippen molar-refractivity contribution >= 4 is 41.0 Å². The number of benzene rings is 2. The van der Waals surface area contributed by atoms with Crippen molar-refractivity contribution in [3.05, 3.63) is 52.0 Å². The van der Waals surface area contributed by atoms with Gasteiger partial charge < -0.3 is 20.2 Å². The lowest BCUT2D eigenvalue weighted by molar-refractivity contribution is -0.118. The van der Waals surface area contributed by atoms with Crippen molar-refractivity contribution in [2.45, 2.75) is 0 Å². The first kappa shape index (κ1) is 18.9. The van der Waals surface area contributed by atoms with Gasteiger partial charge in [-0.15, -0.1) is 0 Å². The number of anilines is 1. The van der Waals surface area contributed by atoms with Crippen LogP contribution in [0.4, 0.5) is 5.69 Å². The molecule has 0 saturated heterocycles. The number of hydrogen-bond donors (Lipinski definition) is 2. The van der Waals surface area contributed by atoms with Crippen LogP contribution in [0.2, 0.25) is 10.0 Å². The van der Waals surface area contributed by atoms with Gasteiger partial charge in [0.15, 0.2) is 18.1 Å². The molecule has 132 valence electrons. The molecule has 0 saturated carbocycles. The maximum atomic E-state index is 12.0. The maximum absolute atomic E-state index is 12.0. The van der Waals surface area contributed by atoms with Gasteiger partial charge in [-0.05, 0) is 35.9 Å². The minimum Gasteiger partial charge on any atom is -0.493 e. The molecule has 0 unspecified atom stereocenters. The van der Waals surface area contributed by atoms with Crippen LogP contribution < -0.4 is 20.2 Å². The molecule has 0 aromatic heterocycles. The van der Waals surface area contributed by atoms with E-state index in [1.807, 2.05) is 0 Å². The zero-order valence-corrected chi connectivity index (χ0v) is 15.2. The van der Waals surface area contributed by atoms with Gasteiger partial charge in [0.1, 0.15) is 0 Å². The van der Waals surface area contributed by atoms with Crippen LogP contribution in [0.25, 0.3) is 0 Å². The van der Waals surface area contributed by atoms with Gasteiger partial charge in [0, 0.05) is 7.05 Å². The molecule has 6 nitrogen and oxygen atoms in total. The Bertz CT molecular complexity index is 782. The quantitative estimate of drug-likeness (QED) is 0.567. The summed E-state index contributed by atoms with van der Waals surface area (Å²) in [5.41, 5.74) is 3.92. The molecule has 2 rings (SSSR count). The lowest BCUT2D eigenvalue weighted by atomic mass is 10.2. The predicted molar refractivity (Wildman–Crippen MR) is 100 cm³/mol. The van der Waals surface area contributed by atoms with E-state index in [4.69, 9.17) is 32.7 Å². The highest BCUT2D eigenvalue weighted by Crippen LogP contribution is 2.30. The van der Waals surface area contributed by atoms with E-state index >= 15 is 0 Å². The van der Waals surface area contributed by atoms with E-state index in [2.05, 4.69) is 15.8 Å². The van der Waals surface area contributed by atoms with Crippen LogP contribution in [0.3, 0.4) is 0 Å². The number of hydrogen-bond acceptors (Lipinski definition) is 5. The third-order valence-electron chi connectivity index (χ3n) is 3.11. The molecule has 8 heteroatoms. The topological polar surface area (TPSA) is 72.0 Å². The number of hydrazone groups is 1. The molecule has 0 spiro atoms. The lowest BCUT2D eigenvalue weighted by Crippen LogP contribution is -2.20. The van der Waals surface area contributed by atoms with Gasteiger partial charge in [-0.3, -0.25) is 4.79 Å². The lowest BCUT2D eigenvalue weighted by Gasteiger charge is -2.12. The molecule has 0 heterocycles. The standard InChI is InChI=1S/C17H17Cl2N3O3/c1-20-21-9-11-6-7-14(15(8-11)24-2)25-10-16(23)22-13-5-3-4-12(18)17(13)19/h3-9,20H,10H2,1-2H3,(H,22,23)/b21-9+. The average molecular weight is 382 g/mol. The van der Waals surface area contributed by atoms with Gasteiger partial charge in [0.25, 0.3) is 5.91 Å². The Kier molecular flexibility index (Phi) is 6.91. The zero-order valence-electron chi connectivity index (χ0n) is 13.7. The number of rotatable bonds is 7. The summed E-state index contributed by atoms with van der Waals surface area (Å²) in [7, 11) is 3.23. The minimum atomic E-state index is -0.368. The summed E-state index contributed by atoms with van der Waals surface area (Å²) in [5.74, 6) is 0.567. The molecule has 0 aliphatic heterocycles. The Morgan fingerprint density at radius 1 is 1.24 bits per heavy atom. The highest BCUT2D eigenvalue weighted by molar-refractivity contribution is 6.43. The largest absolute Gasteiger partial charge is 0.493 e. The van der Waals surface area contributed by atoms with Crippen molar-refractivity contribution in [3.63, 3.8) is 0 Å². The van der Waals surface area contributed by atoms with Crippen LogP contribution >= 0.6 is 23.2 Å². The number of nitrogens with one attached hydrogen (secondary N) is 2. The summed E-state index contributed by atoms with van der Waals surface area (Å²) >= 11 is 12.0. The van der Waals surface area contributed by atoms with Crippen molar-refractivity contribution in [2.24, 2.45) is 5.10 Å². The van der Waals surface area contributed by atoms with E-state index in [-0.39, 0.29) is 17.5 Å². The van der Waals surface area contributed by atoms with Crippen LogP contribution in [0.15, 0.2) is 41.5 Å². The van der Waals surface area contributed by atoms with Crippen LogP contribution in [-0.4, -0.2) is 32.9 Å². The minimum absolute atomic E-state index is 0.205. The number of amides is 1. The Morgan fingerprint density at radius 3 is 2.76 bits per heavy atom. The molecule has 2 N–H and O–H groups in total. The van der Waals surface area contributed by atoms with Crippen LogP contribution in [0.1, 0.15) is 5.56 Å². The van der Waals surface area contributed by atoms with Crippen molar-refractivity contribution < 1.29 is 14.3 Å². The summed E-state index contributed by atoms with van der Waals surface area (Å²) in [6, 6.07) is 10.2. The molecule has 0 fully saturated rings. The monoisotopic (exact) mass is 381 g/mol. The molecular weight excluding hydrogens is 365 g/mol. The van der Waals surface area contributed by atoms with Crippen LogP contribution in [0, 0.1) is 0 Å². The molecule has 0 aliphatic carbocycles. The molecule has 2 aromatic rings. The molecule has 0 atom stereocenters. The maximum Gasteiger partial charge on any atom is 0.262 e. The highest BCUT2D eigenvalue weighted by Gasteiger charge is 2.11. The molecular formula is C17H17Cl2N3O3. The van der Waals surface area contributed by atoms with Gasteiger partial charge >= 0.3 is 0 Å². The first-order chi connectivity index (χ1) is 12.0. The number of nitrogens with zero attached hydrogens (tertiary/aromatic N) is 1. The third kappa shape index (κ3) is 5.27. The van der Waals surface area contributed by atoms with E-state index in [9.17, 15) is 4.79 Å². The summed E-state index contributed by atoms with van der Waals surface area (Å²) in [5, 5.41) is 7.21. The van der Waals surface area contributed by atoms with Crippen molar-refractivity contribution in [1.29, 1.82) is 0 Å². The first-order valence-corrected chi connectivity index (χ1v) is 8.05. The SMILES string of the molecule is CN/N=C/c1ccc(OCC(=O)Nc2cccc(Cl)c2Cl)c(OC)c1. The molecule has 2 aromatic carbocycles. The van der Waals surface area contributed by atoms with Gasteiger partial charge in [0.05, 0.1) is 29.1 Å². The number of carbonyl (C=O) groups is 1. The normalized spacial score (nSPS) is 10.6. The average Bonchev–Trinajstić information content (AvgIpc) is 2.62. The number of ether oxygens (including phenoxy) is 2. The number of carbonyl (C=O) groups excluding carboxylic acids is 1. The van der Waals surface area contributed by atoms with Crippen LogP contribution in [-0.2, 0) is 4.79 Å². The van der Waals surface area contributed by atoms with E-state index in [0.29, 0.717) is 22.2 Å². The van der Waals surface area contributed by atoms with Gasteiger partial charge in [-0.2, -0.15) is 5.10 Å². The Balaban J connectivity index is 2.01. The fourth-order valence-corrected chi connectivity index (χ4v) is 2.30. The summed E-state index contributed by atoms with van der Waals surface area (Å²) in [6.45, 7) is -0.205. The van der Waals surface area contributed by atoms with Crippen molar-refractivity contribution in [3.8, 4) is 11.5 Å². The molecule has 1 amide bonds. The Morgan fingerprint density at radius 2 is 2.04 bits per heavy atom. The molecule has 0 bridgehead atoms. The van der Waals surface area contributed by atoms with Gasteiger partial charge in [-0.25, -0.2) is 0 Å². The predicted octanol–water partition coefficient (Wildman–Crippen LogP) is 3.57. The molecule has 0 radical (unpaired) electrons. The van der Waals surface area contributed by atoms with E-state index in [1.165, 1.54) is 7.11 Å². The van der Waals surface area contributed by atoms with Gasteiger partial charge in [0.2, 0.25) is 0 Å². The zero-order chi connectivity index (χ0) is 18.2. The van der Waals surface area contributed by atoms with E-state index < -0.39 is 0 Å². The van der Waals surface area contributed by atoms with Crippen molar-refractivity contribution in [2.75, 3.05) is 26.1 Å². The first-order valence-electron chi connectivity index (χ1n) is 7.29. The second kappa shape index (κ2) is 9.15. The second-order valence-corrected chi connectivity index (χ2v) is 5.62. The van der Waals surface area contributed by atoms with E-state index in [1.54, 1.807) is 49.7 Å². The van der Waals surface area contributed by atoms with Crippen LogP contribution in [0.5, 0.6) is 11.5 Å². The summed E-state index contributed by atoms with van der Waals surface area (Å²) < 4.78 is 10.8. The Hall–Kier alpha value is -2.44. The molecule has 0 aliphatic rings. The molecule has 25 heavy (non-hydrogen) atoms. The smallest absolute Gasteiger partial charge is 0.262 e. The summed E-state index contributed by atoms with van der Waals surface area (Å²) in [6.07, 6.45) is 1.64. The van der Waals surface area contributed by atoms with Crippen molar-refractivity contribution in [1.82, 2.24) is 5.43 Å². The number of methoxy groups -OCH3 is 1. The third-order valence-corrected chi connectivity index (χ3v) is 3.93. The Labute approximate surface area is 155 Å². The number of halogens is 2.